The Labute approximate surface area is 134 Å². The first-order chi connectivity index (χ1) is 10.2. The molecule has 0 aliphatic rings. The van der Waals surface area contributed by atoms with Crippen LogP contribution in [-0.4, -0.2) is 10.4 Å². The van der Waals surface area contributed by atoms with E-state index in [1.807, 2.05) is 6.07 Å². The van der Waals surface area contributed by atoms with Gasteiger partial charge in [0.15, 0.2) is 0 Å². The number of benzene rings is 2. The third-order valence-electron chi connectivity index (χ3n) is 3.72. The summed E-state index contributed by atoms with van der Waals surface area (Å²) in [6.07, 6.45) is 2.88. The first-order valence-electron chi connectivity index (χ1n) is 7.25. The Morgan fingerprint density at radius 3 is 2.67 bits per heavy atom. The van der Waals surface area contributed by atoms with Crippen molar-refractivity contribution in [1.82, 2.24) is 4.98 Å². The molecule has 0 N–H and O–H groups in total. The van der Waals surface area contributed by atoms with Crippen molar-refractivity contribution in [2.24, 2.45) is 0 Å². The van der Waals surface area contributed by atoms with Crippen molar-refractivity contribution in [3.63, 3.8) is 0 Å². The summed E-state index contributed by atoms with van der Waals surface area (Å²) in [6.45, 7) is 2.16. The molecule has 1 atom stereocenters. The Morgan fingerprint density at radius 2 is 1.86 bits per heavy atom. The van der Waals surface area contributed by atoms with Crippen molar-refractivity contribution in [2.75, 3.05) is 0 Å². The van der Waals surface area contributed by atoms with Crippen molar-refractivity contribution >= 4 is 33.2 Å². The van der Waals surface area contributed by atoms with Crippen LogP contribution >= 0.6 is 22.9 Å². The molecule has 0 spiro atoms. The normalized spacial score (nSPS) is 12.7. The van der Waals surface area contributed by atoms with E-state index in [9.17, 15) is 0 Å². The number of alkyl halides is 1. The van der Waals surface area contributed by atoms with Crippen LogP contribution in [0.15, 0.2) is 48.5 Å². The van der Waals surface area contributed by atoms with Gasteiger partial charge in [0, 0.05) is 11.8 Å². The minimum Gasteiger partial charge on any atom is -0.241 e. The molecule has 3 rings (SSSR count). The van der Waals surface area contributed by atoms with Gasteiger partial charge in [0.1, 0.15) is 0 Å². The molecule has 3 aromatic rings. The zero-order valence-corrected chi connectivity index (χ0v) is 13.6. The summed E-state index contributed by atoms with van der Waals surface area (Å²) < 4.78 is 1.25. The van der Waals surface area contributed by atoms with E-state index in [2.05, 4.69) is 54.4 Å². The number of fused-ring (bicyclic) bond motifs is 1. The largest absolute Gasteiger partial charge is 0.241 e. The van der Waals surface area contributed by atoms with E-state index < -0.39 is 0 Å². The number of halogens is 1. The maximum Gasteiger partial charge on any atom is 0.0953 e. The summed E-state index contributed by atoms with van der Waals surface area (Å²) in [4.78, 5) is 4.66. The quantitative estimate of drug-likeness (QED) is 0.575. The second-order valence-electron chi connectivity index (χ2n) is 5.34. The Hall–Kier alpha value is -1.38. The van der Waals surface area contributed by atoms with Gasteiger partial charge in [-0.15, -0.1) is 22.9 Å². The predicted molar refractivity (Wildman–Crippen MR) is 92.5 cm³/mol. The highest BCUT2D eigenvalue weighted by molar-refractivity contribution is 7.18. The average Bonchev–Trinajstić information content (AvgIpc) is 2.88. The fourth-order valence-electron chi connectivity index (χ4n) is 2.50. The van der Waals surface area contributed by atoms with Crippen molar-refractivity contribution in [3.05, 3.63) is 64.7 Å². The van der Waals surface area contributed by atoms with Crippen LogP contribution in [0.5, 0.6) is 0 Å². The minimum atomic E-state index is 0.144. The SMILES string of the molecule is Cc1ccccc1CCC(Cl)Cc1nc2ccccc2s1. The lowest BCUT2D eigenvalue weighted by Crippen LogP contribution is -2.05. The number of hydrogen-bond acceptors (Lipinski definition) is 2. The van der Waals surface area contributed by atoms with E-state index in [1.54, 1.807) is 11.3 Å². The standard InChI is InChI=1S/C18H18ClNS/c1-13-6-2-3-7-14(13)10-11-15(19)12-18-20-16-8-4-5-9-17(16)21-18/h2-9,15H,10-12H2,1H3. The number of thiazole rings is 1. The number of para-hydroxylation sites is 1. The van der Waals surface area contributed by atoms with Crippen LogP contribution in [0.4, 0.5) is 0 Å². The Kier molecular flexibility index (Phi) is 4.57. The molecule has 1 heterocycles. The van der Waals surface area contributed by atoms with Crippen molar-refractivity contribution in [3.8, 4) is 0 Å². The molecule has 2 aromatic carbocycles. The van der Waals surface area contributed by atoms with Gasteiger partial charge in [-0.2, -0.15) is 0 Å². The van der Waals surface area contributed by atoms with Gasteiger partial charge in [-0.25, -0.2) is 4.98 Å². The van der Waals surface area contributed by atoms with Gasteiger partial charge in [0.25, 0.3) is 0 Å². The summed E-state index contributed by atoms with van der Waals surface area (Å²) in [5, 5.41) is 1.28. The Morgan fingerprint density at radius 1 is 1.10 bits per heavy atom. The molecule has 1 aromatic heterocycles. The molecule has 0 amide bonds. The molecule has 3 heteroatoms. The molecular formula is C18H18ClNS. The lowest BCUT2D eigenvalue weighted by Gasteiger charge is -2.09. The van der Waals surface area contributed by atoms with Crippen molar-refractivity contribution in [2.45, 2.75) is 31.6 Å². The van der Waals surface area contributed by atoms with Gasteiger partial charge in [-0.05, 0) is 43.0 Å². The number of aryl methyl sites for hydroxylation is 2. The van der Waals surface area contributed by atoms with E-state index in [4.69, 9.17) is 11.6 Å². The van der Waals surface area contributed by atoms with Gasteiger partial charge in [-0.3, -0.25) is 0 Å². The highest BCUT2D eigenvalue weighted by Crippen LogP contribution is 2.24. The fourth-order valence-corrected chi connectivity index (χ4v) is 3.90. The Bertz CT molecular complexity index is 702. The second kappa shape index (κ2) is 6.59. The molecule has 0 saturated heterocycles. The van der Waals surface area contributed by atoms with Crippen LogP contribution in [0, 0.1) is 6.92 Å². The van der Waals surface area contributed by atoms with E-state index in [1.165, 1.54) is 15.8 Å². The zero-order valence-electron chi connectivity index (χ0n) is 12.1. The summed E-state index contributed by atoms with van der Waals surface area (Å²) in [6, 6.07) is 16.8. The predicted octanol–water partition coefficient (Wildman–Crippen LogP) is 5.39. The van der Waals surface area contributed by atoms with Crippen LogP contribution in [0.2, 0.25) is 0 Å². The number of hydrogen-bond donors (Lipinski definition) is 0. The van der Waals surface area contributed by atoms with Crippen LogP contribution in [0.1, 0.15) is 22.6 Å². The maximum atomic E-state index is 6.51. The molecule has 0 aliphatic carbocycles. The van der Waals surface area contributed by atoms with Gasteiger partial charge in [0.05, 0.1) is 15.2 Å². The molecule has 0 bridgehead atoms. The minimum absolute atomic E-state index is 0.144. The summed E-state index contributed by atoms with van der Waals surface area (Å²) in [5.41, 5.74) is 3.83. The highest BCUT2D eigenvalue weighted by atomic mass is 35.5. The van der Waals surface area contributed by atoms with Crippen LogP contribution in [0.3, 0.4) is 0 Å². The number of rotatable bonds is 5. The molecular weight excluding hydrogens is 298 g/mol. The molecule has 0 saturated carbocycles. The topological polar surface area (TPSA) is 12.9 Å². The zero-order chi connectivity index (χ0) is 14.7. The molecule has 0 radical (unpaired) electrons. The second-order valence-corrected chi connectivity index (χ2v) is 7.07. The fraction of sp³-hybridized carbons (Fsp3) is 0.278. The van der Waals surface area contributed by atoms with Crippen LogP contribution in [0.25, 0.3) is 10.2 Å². The molecule has 1 unspecified atom stereocenters. The Balaban J connectivity index is 1.61. The third kappa shape index (κ3) is 3.63. The molecule has 0 aliphatic heterocycles. The first-order valence-corrected chi connectivity index (χ1v) is 8.50. The van der Waals surface area contributed by atoms with Crippen LogP contribution in [-0.2, 0) is 12.8 Å². The lowest BCUT2D eigenvalue weighted by molar-refractivity contribution is 0.739. The maximum absolute atomic E-state index is 6.51. The summed E-state index contributed by atoms with van der Waals surface area (Å²) >= 11 is 8.27. The van der Waals surface area contributed by atoms with Gasteiger partial charge >= 0.3 is 0 Å². The van der Waals surface area contributed by atoms with Crippen LogP contribution < -0.4 is 0 Å². The highest BCUT2D eigenvalue weighted by Gasteiger charge is 2.11. The summed E-state index contributed by atoms with van der Waals surface area (Å²) in [7, 11) is 0. The van der Waals surface area contributed by atoms with Gasteiger partial charge in [0.2, 0.25) is 0 Å². The summed E-state index contributed by atoms with van der Waals surface area (Å²) in [5.74, 6) is 0. The number of nitrogens with zero attached hydrogens (tertiary/aromatic N) is 1. The van der Waals surface area contributed by atoms with E-state index >= 15 is 0 Å². The van der Waals surface area contributed by atoms with E-state index in [0.29, 0.717) is 0 Å². The lowest BCUT2D eigenvalue weighted by atomic mass is 10.0. The third-order valence-corrected chi connectivity index (χ3v) is 5.15. The molecule has 108 valence electrons. The first kappa shape index (κ1) is 14.6. The molecule has 0 fully saturated rings. The smallest absolute Gasteiger partial charge is 0.0953 e. The monoisotopic (exact) mass is 315 g/mol. The number of aromatic nitrogens is 1. The van der Waals surface area contributed by atoms with Crippen molar-refractivity contribution < 1.29 is 0 Å². The van der Waals surface area contributed by atoms with E-state index in [-0.39, 0.29) is 5.38 Å². The molecule has 21 heavy (non-hydrogen) atoms. The van der Waals surface area contributed by atoms with Gasteiger partial charge in [-0.1, -0.05) is 36.4 Å². The average molecular weight is 316 g/mol. The van der Waals surface area contributed by atoms with Crippen molar-refractivity contribution in [1.29, 1.82) is 0 Å². The van der Waals surface area contributed by atoms with Gasteiger partial charge < -0.3 is 0 Å². The molecule has 1 nitrogen and oxygen atoms in total. The van der Waals surface area contributed by atoms with E-state index in [0.717, 1.165) is 29.8 Å².